The van der Waals surface area contributed by atoms with E-state index >= 15 is 0 Å². The molecule has 1 aromatic rings. The summed E-state index contributed by atoms with van der Waals surface area (Å²) in [7, 11) is 0. The lowest BCUT2D eigenvalue weighted by atomic mass is 9.92. The molecule has 86 valence electrons. The van der Waals surface area contributed by atoms with E-state index in [0.717, 1.165) is 25.1 Å². The molecule has 15 heavy (non-hydrogen) atoms. The Bertz CT molecular complexity index is 336. The molecular weight excluding hydrogens is 210 g/mol. The van der Waals surface area contributed by atoms with E-state index in [1.807, 2.05) is 4.68 Å². The Morgan fingerprint density at radius 2 is 2.00 bits per heavy atom. The second kappa shape index (κ2) is 4.44. The van der Waals surface area contributed by atoms with Gasteiger partial charge in [0.15, 0.2) is 0 Å². The van der Waals surface area contributed by atoms with Crippen molar-refractivity contribution in [2.24, 2.45) is 0 Å². The number of nitrogens with zero attached hydrogens (tertiary/aromatic N) is 2. The summed E-state index contributed by atoms with van der Waals surface area (Å²) in [6.45, 7) is 9.25. The molecule has 0 saturated carbocycles. The van der Waals surface area contributed by atoms with Gasteiger partial charge in [-0.25, -0.2) is 4.68 Å². The number of halogens is 1. The van der Waals surface area contributed by atoms with Gasteiger partial charge in [0.05, 0.1) is 5.69 Å². The molecular formula is C11H20ClN3. The molecule has 2 N–H and O–H groups in total. The topological polar surface area (TPSA) is 43.8 Å². The van der Waals surface area contributed by atoms with Crippen molar-refractivity contribution in [3.05, 3.63) is 10.7 Å². The van der Waals surface area contributed by atoms with Crippen LogP contribution in [0.25, 0.3) is 0 Å². The minimum atomic E-state index is -0.0529. The average Bonchev–Trinajstić information content (AvgIpc) is 2.41. The van der Waals surface area contributed by atoms with Crippen LogP contribution < -0.4 is 5.73 Å². The second-order valence-electron chi connectivity index (χ2n) is 4.87. The quantitative estimate of drug-likeness (QED) is 0.865. The average molecular weight is 230 g/mol. The van der Waals surface area contributed by atoms with Crippen molar-refractivity contribution in [3.8, 4) is 0 Å². The Morgan fingerprint density at radius 1 is 1.40 bits per heavy atom. The standard InChI is InChI=1S/C11H20ClN3/c1-5-6-7-15-10(13)8(12)9(14-15)11(2,3)4/h5-7,13H2,1-4H3. The smallest absolute Gasteiger partial charge is 0.140 e. The maximum Gasteiger partial charge on any atom is 0.140 e. The Hall–Kier alpha value is -0.700. The molecule has 0 bridgehead atoms. The normalized spacial score (nSPS) is 12.1. The van der Waals surface area contributed by atoms with Crippen LogP contribution in [0, 0.1) is 0 Å². The van der Waals surface area contributed by atoms with Crippen molar-refractivity contribution in [1.29, 1.82) is 0 Å². The fraction of sp³-hybridized carbons (Fsp3) is 0.727. The zero-order valence-corrected chi connectivity index (χ0v) is 10.7. The van der Waals surface area contributed by atoms with Crippen molar-refractivity contribution in [3.63, 3.8) is 0 Å². The molecule has 1 aromatic heterocycles. The van der Waals surface area contributed by atoms with Gasteiger partial charge in [0.25, 0.3) is 0 Å². The molecule has 1 heterocycles. The van der Waals surface area contributed by atoms with Gasteiger partial charge < -0.3 is 5.73 Å². The molecule has 0 saturated heterocycles. The lowest BCUT2D eigenvalue weighted by Crippen LogP contribution is -2.13. The number of anilines is 1. The van der Waals surface area contributed by atoms with Crippen LogP contribution in [0.3, 0.4) is 0 Å². The van der Waals surface area contributed by atoms with E-state index in [4.69, 9.17) is 17.3 Å². The lowest BCUT2D eigenvalue weighted by molar-refractivity contribution is 0.522. The fourth-order valence-electron chi connectivity index (χ4n) is 1.41. The van der Waals surface area contributed by atoms with E-state index in [1.165, 1.54) is 0 Å². The molecule has 0 spiro atoms. The lowest BCUT2D eigenvalue weighted by Gasteiger charge is -2.15. The molecule has 3 nitrogen and oxygen atoms in total. The first-order valence-corrected chi connectivity index (χ1v) is 5.78. The predicted molar refractivity (Wildman–Crippen MR) is 65.3 cm³/mol. The highest BCUT2D eigenvalue weighted by Gasteiger charge is 2.24. The van der Waals surface area contributed by atoms with Crippen LogP contribution in [0.2, 0.25) is 5.02 Å². The van der Waals surface area contributed by atoms with Gasteiger partial charge in [0.1, 0.15) is 10.8 Å². The molecule has 0 aliphatic carbocycles. The number of nitrogen functional groups attached to an aromatic ring is 1. The number of hydrogen-bond acceptors (Lipinski definition) is 2. The Kier molecular flexibility index (Phi) is 3.66. The number of rotatable bonds is 3. The first kappa shape index (κ1) is 12.4. The summed E-state index contributed by atoms with van der Waals surface area (Å²) in [5.74, 6) is 0.593. The van der Waals surface area contributed by atoms with E-state index in [-0.39, 0.29) is 5.41 Å². The maximum atomic E-state index is 6.17. The number of aromatic nitrogens is 2. The van der Waals surface area contributed by atoms with Crippen molar-refractivity contribution in [2.45, 2.75) is 52.5 Å². The monoisotopic (exact) mass is 229 g/mol. The predicted octanol–water partition coefficient (Wildman–Crippen LogP) is 3.22. The van der Waals surface area contributed by atoms with Crippen molar-refractivity contribution < 1.29 is 0 Å². The summed E-state index contributed by atoms with van der Waals surface area (Å²) in [6, 6.07) is 0. The number of nitrogens with two attached hydrogens (primary N) is 1. The molecule has 0 unspecified atom stereocenters. The third-order valence-corrected chi connectivity index (χ3v) is 2.74. The van der Waals surface area contributed by atoms with Crippen molar-refractivity contribution in [2.75, 3.05) is 5.73 Å². The summed E-state index contributed by atoms with van der Waals surface area (Å²) in [5.41, 5.74) is 6.74. The SMILES string of the molecule is CCCCn1nc(C(C)(C)C)c(Cl)c1N. The van der Waals surface area contributed by atoms with Gasteiger partial charge in [-0.2, -0.15) is 5.10 Å². The molecule has 1 rings (SSSR count). The van der Waals surface area contributed by atoms with E-state index in [1.54, 1.807) is 0 Å². The molecule has 0 aliphatic heterocycles. The van der Waals surface area contributed by atoms with Gasteiger partial charge in [0.2, 0.25) is 0 Å². The summed E-state index contributed by atoms with van der Waals surface area (Å²) in [4.78, 5) is 0. The number of aryl methyl sites for hydroxylation is 1. The van der Waals surface area contributed by atoms with E-state index < -0.39 is 0 Å². The van der Waals surface area contributed by atoms with Gasteiger partial charge >= 0.3 is 0 Å². The van der Waals surface area contributed by atoms with Crippen LogP contribution in [-0.2, 0) is 12.0 Å². The highest BCUT2D eigenvalue weighted by molar-refractivity contribution is 6.33. The minimum Gasteiger partial charge on any atom is -0.383 e. The van der Waals surface area contributed by atoms with Gasteiger partial charge in [-0.1, -0.05) is 45.7 Å². The molecule has 0 radical (unpaired) electrons. The summed E-state index contributed by atoms with van der Waals surface area (Å²) < 4.78 is 1.81. The van der Waals surface area contributed by atoms with E-state index in [0.29, 0.717) is 10.8 Å². The van der Waals surface area contributed by atoms with Crippen LogP contribution in [0.15, 0.2) is 0 Å². The summed E-state index contributed by atoms with van der Waals surface area (Å²) >= 11 is 6.17. The first-order chi connectivity index (χ1) is 6.88. The fourth-order valence-corrected chi connectivity index (χ4v) is 1.83. The second-order valence-corrected chi connectivity index (χ2v) is 5.25. The molecule has 0 atom stereocenters. The molecule has 4 heteroatoms. The minimum absolute atomic E-state index is 0.0529. The Morgan fingerprint density at radius 3 is 2.40 bits per heavy atom. The van der Waals surface area contributed by atoms with Crippen LogP contribution in [0.1, 0.15) is 46.2 Å². The molecule has 0 fully saturated rings. The largest absolute Gasteiger partial charge is 0.383 e. The number of unbranched alkanes of at least 4 members (excludes halogenated alkanes) is 1. The summed E-state index contributed by atoms with van der Waals surface area (Å²) in [6.07, 6.45) is 2.20. The first-order valence-electron chi connectivity index (χ1n) is 5.40. The third kappa shape index (κ3) is 2.65. The molecule has 0 amide bonds. The Labute approximate surface area is 96.6 Å². The van der Waals surface area contributed by atoms with Crippen LogP contribution in [-0.4, -0.2) is 9.78 Å². The van der Waals surface area contributed by atoms with Crippen LogP contribution in [0.5, 0.6) is 0 Å². The van der Waals surface area contributed by atoms with Gasteiger partial charge in [-0.3, -0.25) is 0 Å². The van der Waals surface area contributed by atoms with E-state index in [9.17, 15) is 0 Å². The van der Waals surface area contributed by atoms with Gasteiger partial charge in [0, 0.05) is 12.0 Å². The molecule has 0 aromatic carbocycles. The van der Waals surface area contributed by atoms with E-state index in [2.05, 4.69) is 32.8 Å². The molecule has 0 aliphatic rings. The van der Waals surface area contributed by atoms with Crippen molar-refractivity contribution >= 4 is 17.4 Å². The van der Waals surface area contributed by atoms with Crippen LogP contribution >= 0.6 is 11.6 Å². The van der Waals surface area contributed by atoms with Gasteiger partial charge in [-0.15, -0.1) is 0 Å². The zero-order chi connectivity index (χ0) is 11.6. The number of hydrogen-bond donors (Lipinski definition) is 1. The van der Waals surface area contributed by atoms with Crippen molar-refractivity contribution in [1.82, 2.24) is 9.78 Å². The van der Waals surface area contributed by atoms with Crippen LogP contribution in [0.4, 0.5) is 5.82 Å². The van der Waals surface area contributed by atoms with Gasteiger partial charge in [-0.05, 0) is 6.42 Å². The maximum absolute atomic E-state index is 6.17. The highest BCUT2D eigenvalue weighted by Crippen LogP contribution is 2.32. The zero-order valence-electron chi connectivity index (χ0n) is 9.97. The third-order valence-electron chi connectivity index (χ3n) is 2.37. The summed E-state index contributed by atoms with van der Waals surface area (Å²) in [5, 5.41) is 5.09. The highest BCUT2D eigenvalue weighted by atomic mass is 35.5. The Balaban J connectivity index is 3.02.